The first-order chi connectivity index (χ1) is 8.07. The van der Waals surface area contributed by atoms with Crippen molar-refractivity contribution in [3.8, 4) is 0 Å². The fraction of sp³-hybridized carbons (Fsp3) is 0.538. The molecule has 0 amide bonds. The zero-order chi connectivity index (χ0) is 12.3. The van der Waals surface area contributed by atoms with Crippen molar-refractivity contribution in [2.24, 2.45) is 0 Å². The smallest absolute Gasteiger partial charge is 0.150 e. The van der Waals surface area contributed by atoms with Gasteiger partial charge in [0.1, 0.15) is 9.84 Å². The number of sulfone groups is 1. The van der Waals surface area contributed by atoms with Crippen LogP contribution < -0.4 is 0 Å². The van der Waals surface area contributed by atoms with Crippen LogP contribution in [0.5, 0.6) is 0 Å². The van der Waals surface area contributed by atoms with Gasteiger partial charge in [-0.3, -0.25) is 4.90 Å². The lowest BCUT2D eigenvalue weighted by Crippen LogP contribution is -2.38. The fourth-order valence-corrected chi connectivity index (χ4v) is 3.79. The van der Waals surface area contributed by atoms with E-state index in [0.717, 1.165) is 19.4 Å². The SMILES string of the molecule is CN(Cc1ccccc1)C1CCS(=O)(=O)CC1. The molecule has 1 aromatic carbocycles. The topological polar surface area (TPSA) is 37.4 Å². The van der Waals surface area contributed by atoms with Gasteiger partial charge in [-0.25, -0.2) is 8.42 Å². The van der Waals surface area contributed by atoms with Crippen molar-refractivity contribution in [1.82, 2.24) is 4.90 Å². The first-order valence-corrected chi connectivity index (χ1v) is 7.83. The summed E-state index contributed by atoms with van der Waals surface area (Å²) in [5, 5.41) is 0. The maximum absolute atomic E-state index is 11.4. The molecule has 0 aliphatic carbocycles. The predicted molar refractivity (Wildman–Crippen MR) is 69.6 cm³/mol. The maximum atomic E-state index is 11.4. The second-order valence-electron chi connectivity index (χ2n) is 4.78. The quantitative estimate of drug-likeness (QED) is 0.822. The van der Waals surface area contributed by atoms with Crippen LogP contribution in [0.2, 0.25) is 0 Å². The zero-order valence-corrected chi connectivity index (χ0v) is 11.0. The Labute approximate surface area is 103 Å². The molecule has 0 atom stereocenters. The third kappa shape index (κ3) is 3.54. The molecular weight excluding hydrogens is 234 g/mol. The maximum Gasteiger partial charge on any atom is 0.150 e. The van der Waals surface area contributed by atoms with Crippen molar-refractivity contribution >= 4 is 9.84 Å². The average Bonchev–Trinajstić information content (AvgIpc) is 2.30. The summed E-state index contributed by atoms with van der Waals surface area (Å²) >= 11 is 0. The predicted octanol–water partition coefficient (Wildman–Crippen LogP) is 1.70. The van der Waals surface area contributed by atoms with Crippen LogP contribution >= 0.6 is 0 Å². The van der Waals surface area contributed by atoms with Crippen molar-refractivity contribution in [2.45, 2.75) is 25.4 Å². The van der Waals surface area contributed by atoms with E-state index in [1.807, 2.05) is 18.2 Å². The van der Waals surface area contributed by atoms with Gasteiger partial charge in [-0.05, 0) is 25.5 Å². The minimum Gasteiger partial charge on any atom is -0.299 e. The van der Waals surface area contributed by atoms with E-state index >= 15 is 0 Å². The highest BCUT2D eigenvalue weighted by molar-refractivity contribution is 7.91. The molecule has 0 radical (unpaired) electrons. The molecule has 2 rings (SSSR count). The second-order valence-corrected chi connectivity index (χ2v) is 7.09. The first kappa shape index (κ1) is 12.6. The molecule has 1 aliphatic rings. The van der Waals surface area contributed by atoms with Gasteiger partial charge in [0.15, 0.2) is 0 Å². The minimum atomic E-state index is -2.75. The summed E-state index contributed by atoms with van der Waals surface area (Å²) in [4.78, 5) is 2.27. The monoisotopic (exact) mass is 253 g/mol. The third-order valence-corrected chi connectivity index (χ3v) is 5.14. The summed E-state index contributed by atoms with van der Waals surface area (Å²) in [5.41, 5.74) is 1.28. The number of benzene rings is 1. The Morgan fingerprint density at radius 1 is 1.18 bits per heavy atom. The van der Waals surface area contributed by atoms with Crippen LogP contribution in [0.3, 0.4) is 0 Å². The molecule has 0 spiro atoms. The third-order valence-electron chi connectivity index (χ3n) is 3.42. The van der Waals surface area contributed by atoms with Crippen LogP contribution in [-0.2, 0) is 16.4 Å². The summed E-state index contributed by atoms with van der Waals surface area (Å²) in [5.74, 6) is 0.688. The molecule has 0 N–H and O–H groups in total. The second kappa shape index (κ2) is 5.19. The number of hydrogen-bond donors (Lipinski definition) is 0. The Hall–Kier alpha value is -0.870. The van der Waals surface area contributed by atoms with Crippen molar-refractivity contribution in [3.05, 3.63) is 35.9 Å². The average molecular weight is 253 g/mol. The minimum absolute atomic E-state index is 0.344. The Balaban J connectivity index is 1.91. The van der Waals surface area contributed by atoms with Gasteiger partial charge >= 0.3 is 0 Å². The van der Waals surface area contributed by atoms with Crippen molar-refractivity contribution in [2.75, 3.05) is 18.6 Å². The lowest BCUT2D eigenvalue weighted by Gasteiger charge is -2.31. The number of rotatable bonds is 3. The Morgan fingerprint density at radius 2 is 1.76 bits per heavy atom. The number of nitrogens with zero attached hydrogens (tertiary/aromatic N) is 1. The van der Waals surface area contributed by atoms with Crippen molar-refractivity contribution in [1.29, 1.82) is 0 Å². The van der Waals surface area contributed by atoms with E-state index in [1.165, 1.54) is 5.56 Å². The van der Waals surface area contributed by atoms with Crippen molar-refractivity contribution < 1.29 is 8.42 Å². The summed E-state index contributed by atoms with van der Waals surface area (Å²) in [6, 6.07) is 10.7. The summed E-state index contributed by atoms with van der Waals surface area (Å²) in [7, 11) is -0.670. The summed E-state index contributed by atoms with van der Waals surface area (Å²) in [6.45, 7) is 0.894. The molecular formula is C13H19NO2S. The van der Waals surface area contributed by atoms with Crippen LogP contribution in [0.15, 0.2) is 30.3 Å². The molecule has 0 bridgehead atoms. The van der Waals surface area contributed by atoms with E-state index in [1.54, 1.807) is 0 Å². The van der Waals surface area contributed by atoms with E-state index in [-0.39, 0.29) is 0 Å². The van der Waals surface area contributed by atoms with Crippen LogP contribution in [0.25, 0.3) is 0 Å². The lowest BCUT2D eigenvalue weighted by atomic mass is 10.1. The summed E-state index contributed by atoms with van der Waals surface area (Å²) < 4.78 is 22.7. The molecule has 0 aromatic heterocycles. The van der Waals surface area contributed by atoms with Gasteiger partial charge in [0.2, 0.25) is 0 Å². The molecule has 1 aromatic rings. The van der Waals surface area contributed by atoms with Gasteiger partial charge in [-0.15, -0.1) is 0 Å². The Bertz CT molecular complexity index is 442. The van der Waals surface area contributed by atoms with E-state index in [0.29, 0.717) is 17.5 Å². The molecule has 17 heavy (non-hydrogen) atoms. The van der Waals surface area contributed by atoms with Crippen molar-refractivity contribution in [3.63, 3.8) is 0 Å². The van der Waals surface area contributed by atoms with Gasteiger partial charge < -0.3 is 0 Å². The number of hydrogen-bond acceptors (Lipinski definition) is 3. The molecule has 1 aliphatic heterocycles. The molecule has 3 nitrogen and oxygen atoms in total. The highest BCUT2D eigenvalue weighted by Gasteiger charge is 2.25. The van der Waals surface area contributed by atoms with E-state index in [4.69, 9.17) is 0 Å². The molecule has 0 unspecified atom stereocenters. The van der Waals surface area contributed by atoms with Gasteiger partial charge in [-0.1, -0.05) is 30.3 Å². The van der Waals surface area contributed by atoms with E-state index in [9.17, 15) is 8.42 Å². The van der Waals surface area contributed by atoms with Gasteiger partial charge in [0, 0.05) is 12.6 Å². The van der Waals surface area contributed by atoms with Crippen LogP contribution in [0, 0.1) is 0 Å². The highest BCUT2D eigenvalue weighted by Crippen LogP contribution is 2.18. The standard InChI is InChI=1S/C13H19NO2S/c1-14(11-12-5-3-2-4-6-12)13-7-9-17(15,16)10-8-13/h2-6,13H,7-11H2,1H3. The largest absolute Gasteiger partial charge is 0.299 e. The van der Waals surface area contributed by atoms with Gasteiger partial charge in [0.25, 0.3) is 0 Å². The van der Waals surface area contributed by atoms with Crippen LogP contribution in [-0.4, -0.2) is 37.9 Å². The zero-order valence-electron chi connectivity index (χ0n) is 10.2. The van der Waals surface area contributed by atoms with Crippen LogP contribution in [0.4, 0.5) is 0 Å². The molecule has 1 fully saturated rings. The summed E-state index contributed by atoms with van der Waals surface area (Å²) in [6.07, 6.45) is 1.54. The first-order valence-electron chi connectivity index (χ1n) is 6.01. The molecule has 1 heterocycles. The van der Waals surface area contributed by atoms with E-state index < -0.39 is 9.84 Å². The van der Waals surface area contributed by atoms with E-state index in [2.05, 4.69) is 24.1 Å². The normalized spacial score (nSPS) is 20.6. The molecule has 4 heteroatoms. The van der Waals surface area contributed by atoms with Crippen LogP contribution in [0.1, 0.15) is 18.4 Å². The Kier molecular flexibility index (Phi) is 3.84. The fourth-order valence-electron chi connectivity index (χ4n) is 2.32. The molecule has 0 saturated carbocycles. The molecule has 1 saturated heterocycles. The van der Waals surface area contributed by atoms with Gasteiger partial charge in [-0.2, -0.15) is 0 Å². The highest BCUT2D eigenvalue weighted by atomic mass is 32.2. The Morgan fingerprint density at radius 3 is 2.35 bits per heavy atom. The van der Waals surface area contributed by atoms with Gasteiger partial charge in [0.05, 0.1) is 11.5 Å². The lowest BCUT2D eigenvalue weighted by molar-refractivity contribution is 0.218. The molecule has 94 valence electrons.